The molecule has 1 N–H and O–H groups in total. The highest BCUT2D eigenvalue weighted by atomic mass is 16.6. The van der Waals surface area contributed by atoms with Gasteiger partial charge in [-0.15, -0.1) is 0 Å². The fourth-order valence-electron chi connectivity index (χ4n) is 1.65. The van der Waals surface area contributed by atoms with Crippen molar-refractivity contribution >= 4 is 5.97 Å². The van der Waals surface area contributed by atoms with Crippen molar-refractivity contribution in [3.05, 3.63) is 0 Å². The Morgan fingerprint density at radius 2 is 2.07 bits per heavy atom. The van der Waals surface area contributed by atoms with E-state index in [9.17, 15) is 4.79 Å². The molecule has 1 heterocycles. The second kappa shape index (κ2) is 6.80. The monoisotopic (exact) mass is 215 g/mol. The third-order valence-corrected chi connectivity index (χ3v) is 2.40. The fourth-order valence-corrected chi connectivity index (χ4v) is 1.65. The number of ether oxygens (including phenoxy) is 2. The van der Waals surface area contributed by atoms with Gasteiger partial charge in [-0.1, -0.05) is 0 Å². The molecule has 4 nitrogen and oxygen atoms in total. The Balaban J connectivity index is 2.02. The van der Waals surface area contributed by atoms with E-state index in [0.29, 0.717) is 12.5 Å². The van der Waals surface area contributed by atoms with Gasteiger partial charge in [0.25, 0.3) is 0 Å². The second-order valence-corrected chi connectivity index (χ2v) is 4.25. The summed E-state index contributed by atoms with van der Waals surface area (Å²) in [5, 5.41) is 3.29. The van der Waals surface area contributed by atoms with Crippen molar-refractivity contribution in [2.75, 3.05) is 26.3 Å². The third-order valence-electron chi connectivity index (χ3n) is 2.40. The minimum atomic E-state index is -0.265. The van der Waals surface area contributed by atoms with Crippen LogP contribution in [-0.2, 0) is 14.3 Å². The van der Waals surface area contributed by atoms with Crippen LogP contribution in [0.25, 0.3) is 0 Å². The lowest BCUT2D eigenvalue weighted by atomic mass is 9.99. The molecular formula is C11H21NO3. The van der Waals surface area contributed by atoms with Crippen molar-refractivity contribution in [1.82, 2.24) is 5.32 Å². The molecule has 0 atom stereocenters. The van der Waals surface area contributed by atoms with Gasteiger partial charge in [-0.25, -0.2) is 4.79 Å². The largest absolute Gasteiger partial charge is 0.461 e. The summed E-state index contributed by atoms with van der Waals surface area (Å²) in [6.45, 7) is 6.56. The van der Waals surface area contributed by atoms with Gasteiger partial charge in [0.15, 0.2) is 0 Å². The SMILES string of the molecule is CC(C)OC(=O)COCC1CCNCC1. The van der Waals surface area contributed by atoms with Crippen LogP contribution >= 0.6 is 0 Å². The average Bonchev–Trinajstić information content (AvgIpc) is 2.18. The minimum absolute atomic E-state index is 0.0556. The Morgan fingerprint density at radius 3 is 2.67 bits per heavy atom. The summed E-state index contributed by atoms with van der Waals surface area (Å²) in [7, 11) is 0. The molecule has 1 saturated heterocycles. The highest BCUT2D eigenvalue weighted by molar-refractivity contribution is 5.70. The van der Waals surface area contributed by atoms with Crippen molar-refractivity contribution in [1.29, 1.82) is 0 Å². The topological polar surface area (TPSA) is 47.6 Å². The van der Waals surface area contributed by atoms with Crippen molar-refractivity contribution in [2.45, 2.75) is 32.8 Å². The molecule has 0 bridgehead atoms. The number of carbonyl (C=O) groups is 1. The van der Waals surface area contributed by atoms with Crippen molar-refractivity contribution in [3.8, 4) is 0 Å². The lowest BCUT2D eigenvalue weighted by Gasteiger charge is -2.22. The molecule has 0 amide bonds. The quantitative estimate of drug-likeness (QED) is 0.694. The van der Waals surface area contributed by atoms with Gasteiger partial charge in [0.05, 0.1) is 12.7 Å². The molecule has 0 aromatic carbocycles. The van der Waals surface area contributed by atoms with Crippen molar-refractivity contribution in [3.63, 3.8) is 0 Å². The van der Waals surface area contributed by atoms with Crippen LogP contribution in [0.2, 0.25) is 0 Å². The van der Waals surface area contributed by atoms with Gasteiger partial charge in [0, 0.05) is 0 Å². The van der Waals surface area contributed by atoms with E-state index in [1.165, 1.54) is 0 Å². The van der Waals surface area contributed by atoms with Gasteiger partial charge in [-0.05, 0) is 45.7 Å². The van der Waals surface area contributed by atoms with E-state index in [2.05, 4.69) is 5.32 Å². The summed E-state index contributed by atoms with van der Waals surface area (Å²) < 4.78 is 10.3. The minimum Gasteiger partial charge on any atom is -0.461 e. The van der Waals surface area contributed by atoms with Gasteiger partial charge in [-0.3, -0.25) is 0 Å². The zero-order chi connectivity index (χ0) is 11.1. The molecule has 0 aromatic heterocycles. The van der Waals surface area contributed by atoms with E-state index >= 15 is 0 Å². The average molecular weight is 215 g/mol. The number of carbonyl (C=O) groups excluding carboxylic acids is 1. The Kier molecular flexibility index (Phi) is 5.65. The standard InChI is InChI=1S/C11H21NO3/c1-9(2)15-11(13)8-14-7-10-3-5-12-6-4-10/h9-10,12H,3-8H2,1-2H3. The molecule has 1 aliphatic heterocycles. The van der Waals surface area contributed by atoms with Crippen LogP contribution in [-0.4, -0.2) is 38.4 Å². The first kappa shape index (κ1) is 12.5. The molecule has 0 aliphatic carbocycles. The van der Waals surface area contributed by atoms with Gasteiger partial charge in [0.1, 0.15) is 6.61 Å². The summed E-state index contributed by atoms with van der Waals surface area (Å²) in [6.07, 6.45) is 2.22. The molecule has 1 aliphatic rings. The summed E-state index contributed by atoms with van der Waals surface area (Å²) in [6, 6.07) is 0. The van der Waals surface area contributed by atoms with Crippen LogP contribution in [0.1, 0.15) is 26.7 Å². The highest BCUT2D eigenvalue weighted by Crippen LogP contribution is 2.11. The van der Waals surface area contributed by atoms with Gasteiger partial charge >= 0.3 is 5.97 Å². The molecule has 1 rings (SSSR count). The molecule has 4 heteroatoms. The molecule has 0 unspecified atom stereocenters. The van der Waals surface area contributed by atoms with Crippen LogP contribution in [0, 0.1) is 5.92 Å². The third kappa shape index (κ3) is 5.74. The van der Waals surface area contributed by atoms with Crippen LogP contribution in [0.15, 0.2) is 0 Å². The number of esters is 1. The molecular weight excluding hydrogens is 194 g/mol. The maximum Gasteiger partial charge on any atom is 0.332 e. The summed E-state index contributed by atoms with van der Waals surface area (Å²) >= 11 is 0. The van der Waals surface area contributed by atoms with E-state index < -0.39 is 0 Å². The maximum absolute atomic E-state index is 11.1. The van der Waals surface area contributed by atoms with Crippen molar-refractivity contribution < 1.29 is 14.3 Å². The maximum atomic E-state index is 11.1. The number of piperidine rings is 1. The predicted octanol–water partition coefficient (Wildman–Crippen LogP) is 0.954. The number of rotatable bonds is 5. The zero-order valence-electron chi connectivity index (χ0n) is 9.62. The smallest absolute Gasteiger partial charge is 0.332 e. The summed E-state index contributed by atoms with van der Waals surface area (Å²) in [4.78, 5) is 11.1. The summed E-state index contributed by atoms with van der Waals surface area (Å²) in [5.41, 5.74) is 0. The van der Waals surface area contributed by atoms with E-state index in [1.807, 2.05) is 13.8 Å². The normalized spacial score (nSPS) is 18.1. The van der Waals surface area contributed by atoms with Gasteiger partial charge < -0.3 is 14.8 Å². The first-order valence-electron chi connectivity index (χ1n) is 5.66. The molecule has 88 valence electrons. The molecule has 0 radical (unpaired) electrons. The van der Waals surface area contributed by atoms with Gasteiger partial charge in [-0.2, -0.15) is 0 Å². The number of hydrogen-bond donors (Lipinski definition) is 1. The number of nitrogens with one attached hydrogen (secondary N) is 1. The zero-order valence-corrected chi connectivity index (χ0v) is 9.62. The molecule has 0 spiro atoms. The van der Waals surface area contributed by atoms with E-state index in [4.69, 9.17) is 9.47 Å². The Labute approximate surface area is 91.3 Å². The van der Waals surface area contributed by atoms with E-state index in [1.54, 1.807) is 0 Å². The second-order valence-electron chi connectivity index (χ2n) is 4.25. The first-order valence-corrected chi connectivity index (χ1v) is 5.66. The Hall–Kier alpha value is -0.610. The van der Waals surface area contributed by atoms with Crippen LogP contribution in [0.3, 0.4) is 0 Å². The number of hydrogen-bond acceptors (Lipinski definition) is 4. The van der Waals surface area contributed by atoms with Crippen LogP contribution < -0.4 is 5.32 Å². The fraction of sp³-hybridized carbons (Fsp3) is 0.909. The van der Waals surface area contributed by atoms with Crippen molar-refractivity contribution in [2.24, 2.45) is 5.92 Å². The Morgan fingerprint density at radius 1 is 1.40 bits per heavy atom. The lowest BCUT2D eigenvalue weighted by molar-refractivity contribution is -0.153. The van der Waals surface area contributed by atoms with E-state index in [0.717, 1.165) is 25.9 Å². The summed E-state index contributed by atoms with van der Waals surface area (Å²) in [5.74, 6) is 0.331. The predicted molar refractivity (Wildman–Crippen MR) is 57.6 cm³/mol. The van der Waals surface area contributed by atoms with Crippen LogP contribution in [0.5, 0.6) is 0 Å². The molecule has 0 aromatic rings. The molecule has 15 heavy (non-hydrogen) atoms. The Bertz CT molecular complexity index is 188. The molecule has 1 fully saturated rings. The highest BCUT2D eigenvalue weighted by Gasteiger charge is 2.14. The lowest BCUT2D eigenvalue weighted by Crippen LogP contribution is -2.30. The van der Waals surface area contributed by atoms with E-state index in [-0.39, 0.29) is 18.7 Å². The van der Waals surface area contributed by atoms with Gasteiger partial charge in [0.2, 0.25) is 0 Å². The van der Waals surface area contributed by atoms with Crippen LogP contribution in [0.4, 0.5) is 0 Å². The molecule has 0 saturated carbocycles. The first-order chi connectivity index (χ1) is 7.18.